The van der Waals surface area contributed by atoms with Crippen LogP contribution in [0.5, 0.6) is 0 Å². The summed E-state index contributed by atoms with van der Waals surface area (Å²) in [6.07, 6.45) is -10.8. The lowest BCUT2D eigenvalue weighted by atomic mass is 10.1. The van der Waals surface area contributed by atoms with E-state index in [1.54, 1.807) is 30.3 Å². The zero-order chi connectivity index (χ0) is 35.4. The topological polar surface area (TPSA) is 237 Å². The molecule has 8 N–H and O–H groups in total. The first-order valence-corrected chi connectivity index (χ1v) is 18.5. The summed E-state index contributed by atoms with van der Waals surface area (Å²) in [6.45, 7) is -0.304. The number of benzene rings is 3. The average molecular weight is 753 g/mol. The van der Waals surface area contributed by atoms with Gasteiger partial charge in [0.2, 0.25) is 40.1 Å². The molecule has 3 aromatic carbocycles. The van der Waals surface area contributed by atoms with Crippen LogP contribution in [0.3, 0.4) is 0 Å². The Balaban J connectivity index is 0.000000223. The summed E-state index contributed by atoms with van der Waals surface area (Å²) < 4.78 is 176. The van der Waals surface area contributed by atoms with Crippen molar-refractivity contribution >= 4 is 51.5 Å². The number of primary sulfonamides is 2. The highest BCUT2D eigenvalue weighted by Crippen LogP contribution is 2.40. The maximum Gasteiger partial charge on any atom is 0.417 e. The molecule has 0 saturated carbocycles. The van der Waals surface area contributed by atoms with Gasteiger partial charge in [0.1, 0.15) is 9.79 Å². The minimum absolute atomic E-state index is 0.164. The summed E-state index contributed by atoms with van der Waals surface area (Å²) in [5, 5.41) is 14.6. The number of halogens is 6. The number of sulfonamides is 4. The third-order valence-electron chi connectivity index (χ3n) is 6.42. The van der Waals surface area contributed by atoms with Gasteiger partial charge in [0.25, 0.3) is 0 Å². The monoisotopic (exact) mass is 752 g/mol. The van der Waals surface area contributed by atoms with Crippen LogP contribution in [0, 0.1) is 0 Å². The van der Waals surface area contributed by atoms with Crippen LogP contribution in [0.25, 0.3) is 0 Å². The minimum Gasteiger partial charge on any atom is -0.370 e. The SMILES string of the molecule is NS(=O)(=O)c1cc2c(cc1C(F)(F)F)NC(Cc1ccccc1)NS2(=O)=O.NS(=O)(=O)c1cc2c(cc1C(F)(F)F)NCNS2(=O)=O. The van der Waals surface area contributed by atoms with E-state index >= 15 is 0 Å². The quantitative estimate of drug-likeness (QED) is 0.211. The van der Waals surface area contributed by atoms with Crippen molar-refractivity contribution in [1.82, 2.24) is 9.44 Å². The summed E-state index contributed by atoms with van der Waals surface area (Å²) in [7, 11) is -17.9. The smallest absolute Gasteiger partial charge is 0.370 e. The number of hydrogen-bond acceptors (Lipinski definition) is 10. The molecule has 24 heteroatoms. The molecule has 5 rings (SSSR count). The first-order valence-electron chi connectivity index (χ1n) is 12.4. The van der Waals surface area contributed by atoms with Gasteiger partial charge in [-0.3, -0.25) is 0 Å². The zero-order valence-electron chi connectivity index (χ0n) is 23.0. The van der Waals surface area contributed by atoms with Gasteiger partial charge in [-0.25, -0.2) is 43.9 Å². The van der Waals surface area contributed by atoms with Gasteiger partial charge in [-0.1, -0.05) is 30.3 Å². The van der Waals surface area contributed by atoms with Crippen molar-refractivity contribution in [3.8, 4) is 0 Å². The van der Waals surface area contributed by atoms with Gasteiger partial charge in [0.15, 0.2) is 0 Å². The van der Waals surface area contributed by atoms with Crippen molar-refractivity contribution in [3.05, 3.63) is 71.3 Å². The van der Waals surface area contributed by atoms with Gasteiger partial charge in [-0.15, -0.1) is 0 Å². The molecule has 1 atom stereocenters. The highest BCUT2D eigenvalue weighted by molar-refractivity contribution is 7.91. The van der Waals surface area contributed by atoms with Gasteiger partial charge in [0.05, 0.1) is 45.1 Å². The second kappa shape index (κ2) is 12.2. The Hall–Kier alpha value is -3.52. The van der Waals surface area contributed by atoms with E-state index < -0.39 is 89.3 Å². The molecule has 0 saturated heterocycles. The summed E-state index contributed by atoms with van der Waals surface area (Å²) >= 11 is 0. The number of rotatable bonds is 4. The molecule has 2 aliphatic heterocycles. The Morgan fingerprint density at radius 3 is 1.66 bits per heavy atom. The van der Waals surface area contributed by atoms with Gasteiger partial charge in [-0.05, 0) is 29.8 Å². The normalized spacial score (nSPS) is 18.8. The average Bonchev–Trinajstić information content (AvgIpc) is 2.90. The summed E-state index contributed by atoms with van der Waals surface area (Å²) in [5.41, 5.74) is -3.01. The molecule has 2 aliphatic rings. The van der Waals surface area contributed by atoms with Crippen molar-refractivity contribution < 1.29 is 60.0 Å². The molecule has 47 heavy (non-hydrogen) atoms. The minimum atomic E-state index is -5.04. The van der Waals surface area contributed by atoms with Gasteiger partial charge in [-0.2, -0.15) is 35.8 Å². The van der Waals surface area contributed by atoms with Crippen LogP contribution < -0.4 is 30.4 Å². The molecule has 14 nitrogen and oxygen atoms in total. The molecule has 258 valence electrons. The van der Waals surface area contributed by atoms with Crippen molar-refractivity contribution in [3.63, 3.8) is 0 Å². The van der Waals surface area contributed by atoms with Gasteiger partial charge >= 0.3 is 12.4 Å². The predicted molar refractivity (Wildman–Crippen MR) is 152 cm³/mol. The summed E-state index contributed by atoms with van der Waals surface area (Å²) in [5.74, 6) is 0. The Bertz CT molecular complexity index is 2160. The van der Waals surface area contributed by atoms with Crippen LogP contribution in [-0.2, 0) is 58.9 Å². The fourth-order valence-electron chi connectivity index (χ4n) is 4.45. The first-order chi connectivity index (χ1) is 21.3. The molecule has 0 spiro atoms. The lowest BCUT2D eigenvalue weighted by Crippen LogP contribution is -2.46. The number of nitrogens with one attached hydrogen (secondary N) is 4. The van der Waals surface area contributed by atoms with E-state index in [1.165, 1.54) is 0 Å². The van der Waals surface area contributed by atoms with Gasteiger partial charge < -0.3 is 10.6 Å². The lowest BCUT2D eigenvalue weighted by Gasteiger charge is -2.29. The Labute approximate surface area is 263 Å². The number of nitrogens with two attached hydrogens (primary N) is 2. The highest BCUT2D eigenvalue weighted by Gasteiger charge is 2.41. The van der Waals surface area contributed by atoms with Crippen LogP contribution >= 0.6 is 0 Å². The van der Waals surface area contributed by atoms with Gasteiger partial charge in [0, 0.05) is 6.42 Å². The molecule has 0 aliphatic carbocycles. The number of alkyl halides is 6. The third-order valence-corrected chi connectivity index (χ3v) is 11.3. The zero-order valence-corrected chi connectivity index (χ0v) is 26.3. The summed E-state index contributed by atoms with van der Waals surface area (Å²) in [6, 6.07) is 10.4. The predicted octanol–water partition coefficient (Wildman–Crippen LogP) is 1.64. The molecule has 0 bridgehead atoms. The standard InChI is InChI=1S/C15H14F3N3O4S2.C8H8F3N3O4S2/c16-15(17,18)10-7-11-13(8-12(10)26(19,22)23)27(24,25)21-14(20-11)6-9-4-2-1-3-5-9;9-8(10,11)4-1-5-7(2-6(4)19(12,15)16)20(17,18)14-3-13-5/h1-5,7-8,14,20-21H,6H2,(H2,19,22,23);1-2,13-14H,3H2,(H2,12,15,16). The van der Waals surface area contributed by atoms with Crippen LogP contribution in [0.1, 0.15) is 16.7 Å². The van der Waals surface area contributed by atoms with E-state index in [4.69, 9.17) is 10.3 Å². The molecule has 2 heterocycles. The van der Waals surface area contributed by atoms with Crippen molar-refractivity contribution in [2.75, 3.05) is 17.3 Å². The Morgan fingerprint density at radius 1 is 0.723 bits per heavy atom. The molecular formula is C23H22F6N6O8S4. The molecular weight excluding hydrogens is 731 g/mol. The van der Waals surface area contributed by atoms with Crippen LogP contribution in [0.4, 0.5) is 37.7 Å². The van der Waals surface area contributed by atoms with E-state index in [0.717, 1.165) is 5.56 Å². The molecule has 0 fully saturated rings. The van der Waals surface area contributed by atoms with Crippen molar-refractivity contribution in [1.29, 1.82) is 0 Å². The van der Waals surface area contributed by atoms with E-state index in [0.29, 0.717) is 24.3 Å². The van der Waals surface area contributed by atoms with Crippen LogP contribution in [0.2, 0.25) is 0 Å². The molecule has 0 radical (unpaired) electrons. The number of anilines is 2. The molecule has 0 amide bonds. The maximum absolute atomic E-state index is 13.3. The fraction of sp³-hybridized carbons (Fsp3) is 0.217. The molecule has 0 aromatic heterocycles. The van der Waals surface area contributed by atoms with Crippen LogP contribution in [0.15, 0.2) is 74.2 Å². The number of fused-ring (bicyclic) bond motifs is 2. The Kier molecular flexibility index (Phi) is 9.41. The molecule has 1 unspecified atom stereocenters. The fourth-order valence-corrected chi connectivity index (χ4v) is 8.56. The maximum atomic E-state index is 13.3. The van der Waals surface area contributed by atoms with E-state index in [1.807, 2.05) is 4.72 Å². The second-order valence-electron chi connectivity index (χ2n) is 9.78. The first kappa shape index (κ1) is 36.3. The third kappa shape index (κ3) is 8.14. The van der Waals surface area contributed by atoms with Crippen molar-refractivity contribution in [2.24, 2.45) is 10.3 Å². The van der Waals surface area contributed by atoms with E-state index in [2.05, 4.69) is 15.4 Å². The Morgan fingerprint density at radius 2 is 1.19 bits per heavy atom. The highest BCUT2D eigenvalue weighted by atomic mass is 32.2. The van der Waals surface area contributed by atoms with E-state index in [9.17, 15) is 60.0 Å². The number of hydrogen-bond donors (Lipinski definition) is 6. The largest absolute Gasteiger partial charge is 0.417 e. The van der Waals surface area contributed by atoms with Crippen molar-refractivity contribution in [2.45, 2.75) is 44.5 Å². The molecule has 3 aromatic rings. The summed E-state index contributed by atoms with van der Waals surface area (Å²) in [4.78, 5) is -3.83. The van der Waals surface area contributed by atoms with Crippen LogP contribution in [-0.4, -0.2) is 46.5 Å². The lowest BCUT2D eigenvalue weighted by molar-refractivity contribution is -0.140. The second-order valence-corrected chi connectivity index (χ2v) is 16.3. The van der Waals surface area contributed by atoms with E-state index in [-0.39, 0.29) is 24.5 Å².